The van der Waals surface area contributed by atoms with Gasteiger partial charge >= 0.3 is 0 Å². The molecule has 1 saturated heterocycles. The molecule has 1 heterocycles. The van der Waals surface area contributed by atoms with Gasteiger partial charge in [0, 0.05) is 15.6 Å². The molecule has 0 N–H and O–H groups in total. The number of anilines is 1. The predicted molar refractivity (Wildman–Crippen MR) is 146 cm³/mol. The van der Waals surface area contributed by atoms with Crippen LogP contribution in [0, 0.1) is 0 Å². The largest absolute Gasteiger partial charge is 0.490 e. The Morgan fingerprint density at radius 3 is 2.49 bits per heavy atom. The average molecular weight is 614 g/mol. The zero-order chi connectivity index (χ0) is 25.1. The smallest absolute Gasteiger partial charge is 0.298 e. The number of para-hydroxylation sites is 1. The number of nitrogens with zero attached hydrogens (tertiary/aromatic N) is 1. The number of rotatable bonds is 7. The van der Waals surface area contributed by atoms with E-state index in [-0.39, 0.29) is 11.5 Å². The van der Waals surface area contributed by atoms with Crippen LogP contribution in [0.3, 0.4) is 0 Å². The van der Waals surface area contributed by atoms with E-state index in [0.717, 1.165) is 22.2 Å². The van der Waals surface area contributed by atoms with Crippen LogP contribution in [0.25, 0.3) is 6.08 Å². The van der Waals surface area contributed by atoms with Gasteiger partial charge in [0.15, 0.2) is 11.5 Å². The molecule has 0 radical (unpaired) electrons. The molecule has 10 heteroatoms. The summed E-state index contributed by atoms with van der Waals surface area (Å²) < 4.78 is 12.4. The lowest BCUT2D eigenvalue weighted by atomic mass is 10.1. The minimum Gasteiger partial charge on any atom is -0.490 e. The number of carbonyl (C=O) groups is 2. The standard InChI is InChI=1S/C25H17BrCl3NO4S/c1-2-33-21-10-14(9-17(26)23(21)34-13-15-7-8-16(27)12-19(15)29)11-22-24(31)30(25(32)35-22)20-6-4-3-5-18(20)28/h3-12H,2,13H2,1H3/b22-11-. The van der Waals surface area contributed by atoms with E-state index in [4.69, 9.17) is 44.3 Å². The van der Waals surface area contributed by atoms with Crippen LogP contribution in [0.1, 0.15) is 18.1 Å². The molecular formula is C25H17BrCl3NO4S. The molecule has 0 aliphatic carbocycles. The summed E-state index contributed by atoms with van der Waals surface area (Å²) in [6, 6.07) is 15.4. The highest BCUT2D eigenvalue weighted by Gasteiger charge is 2.37. The minimum atomic E-state index is -0.445. The molecule has 5 nitrogen and oxygen atoms in total. The number of imide groups is 1. The fourth-order valence-corrected chi connectivity index (χ4v) is 5.41. The van der Waals surface area contributed by atoms with Crippen LogP contribution in [0.4, 0.5) is 10.5 Å². The van der Waals surface area contributed by atoms with Crippen LogP contribution in [-0.4, -0.2) is 17.8 Å². The zero-order valence-electron chi connectivity index (χ0n) is 18.2. The number of carbonyl (C=O) groups excluding carboxylic acids is 2. The monoisotopic (exact) mass is 611 g/mol. The Kier molecular flexibility index (Phi) is 8.34. The van der Waals surface area contributed by atoms with Gasteiger partial charge in [-0.2, -0.15) is 0 Å². The molecule has 35 heavy (non-hydrogen) atoms. The van der Waals surface area contributed by atoms with Crippen molar-refractivity contribution in [3.63, 3.8) is 0 Å². The van der Waals surface area contributed by atoms with Crippen molar-refractivity contribution in [1.82, 2.24) is 0 Å². The molecule has 0 unspecified atom stereocenters. The fraction of sp³-hybridized carbons (Fsp3) is 0.120. The molecule has 3 aromatic rings. The van der Waals surface area contributed by atoms with E-state index in [2.05, 4.69) is 15.9 Å². The van der Waals surface area contributed by atoms with Crippen molar-refractivity contribution in [3.05, 3.63) is 90.2 Å². The number of benzene rings is 3. The first-order valence-corrected chi connectivity index (χ1v) is 13.1. The van der Waals surface area contributed by atoms with Gasteiger partial charge in [0.25, 0.3) is 11.1 Å². The molecule has 0 spiro atoms. The van der Waals surface area contributed by atoms with Crippen molar-refractivity contribution in [3.8, 4) is 11.5 Å². The van der Waals surface area contributed by atoms with Gasteiger partial charge in [-0.15, -0.1) is 0 Å². The van der Waals surface area contributed by atoms with Crippen molar-refractivity contribution < 1.29 is 19.1 Å². The number of hydrogen-bond acceptors (Lipinski definition) is 5. The zero-order valence-corrected chi connectivity index (χ0v) is 22.9. The molecule has 180 valence electrons. The van der Waals surface area contributed by atoms with Gasteiger partial charge in [-0.1, -0.05) is 53.0 Å². The summed E-state index contributed by atoms with van der Waals surface area (Å²) in [6.45, 7) is 2.46. The average Bonchev–Trinajstić information content (AvgIpc) is 3.07. The van der Waals surface area contributed by atoms with Crippen molar-refractivity contribution in [2.75, 3.05) is 11.5 Å². The number of amides is 2. The van der Waals surface area contributed by atoms with Crippen molar-refractivity contribution in [1.29, 1.82) is 0 Å². The number of ether oxygens (including phenoxy) is 2. The third-order valence-electron chi connectivity index (χ3n) is 4.90. The second-order valence-corrected chi connectivity index (χ2v) is 10.4. The maximum atomic E-state index is 13.0. The quantitative estimate of drug-likeness (QED) is 0.250. The van der Waals surface area contributed by atoms with E-state index in [9.17, 15) is 9.59 Å². The molecule has 4 rings (SSSR count). The van der Waals surface area contributed by atoms with Crippen LogP contribution in [0.5, 0.6) is 11.5 Å². The number of halogens is 4. The molecular weight excluding hydrogens is 597 g/mol. The molecule has 0 bridgehead atoms. The second kappa shape index (κ2) is 11.3. The highest BCUT2D eigenvalue weighted by molar-refractivity contribution is 9.10. The normalized spacial score (nSPS) is 14.7. The Balaban J connectivity index is 1.61. The summed E-state index contributed by atoms with van der Waals surface area (Å²) in [7, 11) is 0. The van der Waals surface area contributed by atoms with E-state index in [1.807, 2.05) is 6.92 Å². The van der Waals surface area contributed by atoms with Crippen LogP contribution >= 0.6 is 62.5 Å². The molecule has 3 aromatic carbocycles. The second-order valence-electron chi connectivity index (χ2n) is 7.26. The van der Waals surface area contributed by atoms with Gasteiger partial charge in [0.2, 0.25) is 0 Å². The van der Waals surface area contributed by atoms with Crippen LogP contribution < -0.4 is 14.4 Å². The Labute approximate surface area is 230 Å². The number of thioether (sulfide) groups is 1. The summed E-state index contributed by atoms with van der Waals surface area (Å²) in [5.41, 5.74) is 1.77. The third-order valence-corrected chi connectivity index (χ3v) is 7.27. The van der Waals surface area contributed by atoms with Gasteiger partial charge in [0.1, 0.15) is 6.61 Å². The molecule has 2 amide bonds. The molecule has 0 atom stereocenters. The van der Waals surface area contributed by atoms with Gasteiger partial charge in [-0.05, 0) is 82.7 Å². The van der Waals surface area contributed by atoms with Crippen LogP contribution in [-0.2, 0) is 11.4 Å². The lowest BCUT2D eigenvalue weighted by Gasteiger charge is -2.15. The summed E-state index contributed by atoms with van der Waals surface area (Å²) in [5.74, 6) is 0.516. The van der Waals surface area contributed by atoms with Crippen LogP contribution in [0.2, 0.25) is 15.1 Å². The van der Waals surface area contributed by atoms with Crippen molar-refractivity contribution in [2.24, 2.45) is 0 Å². The lowest BCUT2D eigenvalue weighted by molar-refractivity contribution is -0.113. The van der Waals surface area contributed by atoms with Gasteiger partial charge in [-0.25, -0.2) is 4.90 Å². The first-order valence-electron chi connectivity index (χ1n) is 10.3. The predicted octanol–water partition coefficient (Wildman–Crippen LogP) is 8.63. The van der Waals surface area contributed by atoms with E-state index >= 15 is 0 Å². The number of hydrogen-bond donors (Lipinski definition) is 0. The highest BCUT2D eigenvalue weighted by Crippen LogP contribution is 2.41. The maximum absolute atomic E-state index is 13.0. The topological polar surface area (TPSA) is 55.8 Å². The Morgan fingerprint density at radius 1 is 1.00 bits per heavy atom. The van der Waals surface area contributed by atoms with Crippen molar-refractivity contribution >= 4 is 85.4 Å². The highest BCUT2D eigenvalue weighted by atomic mass is 79.9. The Bertz CT molecular complexity index is 1350. The Morgan fingerprint density at radius 2 is 1.77 bits per heavy atom. The molecule has 1 aliphatic rings. The van der Waals surface area contributed by atoms with Crippen LogP contribution in [0.15, 0.2) is 64.0 Å². The summed E-state index contributed by atoms with van der Waals surface area (Å²) in [4.78, 5) is 27.0. The van der Waals surface area contributed by atoms with Gasteiger partial charge < -0.3 is 9.47 Å². The first kappa shape index (κ1) is 25.9. The van der Waals surface area contributed by atoms with E-state index in [1.54, 1.807) is 60.7 Å². The summed E-state index contributed by atoms with van der Waals surface area (Å²) in [6.07, 6.45) is 1.63. The first-order chi connectivity index (χ1) is 16.8. The van der Waals surface area contributed by atoms with E-state index in [1.165, 1.54) is 0 Å². The van der Waals surface area contributed by atoms with E-state index in [0.29, 0.717) is 48.9 Å². The third kappa shape index (κ3) is 5.81. The molecule has 1 aliphatic heterocycles. The molecule has 0 aromatic heterocycles. The van der Waals surface area contributed by atoms with E-state index < -0.39 is 11.1 Å². The SMILES string of the molecule is CCOc1cc(/C=C2\SC(=O)N(c3ccccc3Cl)C2=O)cc(Br)c1OCc1ccc(Cl)cc1Cl. The lowest BCUT2D eigenvalue weighted by Crippen LogP contribution is -2.27. The minimum absolute atomic E-state index is 0.199. The van der Waals surface area contributed by atoms with Crippen molar-refractivity contribution in [2.45, 2.75) is 13.5 Å². The summed E-state index contributed by atoms with van der Waals surface area (Å²) >= 11 is 22.8. The van der Waals surface area contributed by atoms with Gasteiger partial charge in [0.05, 0.1) is 26.7 Å². The molecule has 0 saturated carbocycles. The maximum Gasteiger partial charge on any atom is 0.298 e. The molecule has 1 fully saturated rings. The Hall–Kier alpha value is -2.16. The van der Waals surface area contributed by atoms with Gasteiger partial charge in [-0.3, -0.25) is 9.59 Å². The fourth-order valence-electron chi connectivity index (χ4n) is 3.32. The summed E-state index contributed by atoms with van der Waals surface area (Å²) in [5, 5.41) is 0.939.